The predicted octanol–water partition coefficient (Wildman–Crippen LogP) is 5.49. The molecule has 2 aromatic carbocycles. The highest BCUT2D eigenvalue weighted by Gasteiger charge is 2.35. The van der Waals surface area contributed by atoms with Crippen molar-refractivity contribution in [3.63, 3.8) is 0 Å². The molecule has 5 rings (SSSR count). The summed E-state index contributed by atoms with van der Waals surface area (Å²) in [7, 11) is -4.22. The molecule has 168 valence electrons. The molecule has 33 heavy (non-hydrogen) atoms. The Bertz CT molecular complexity index is 1450. The maximum atomic E-state index is 14.8. The number of nitrogens with zero attached hydrogens (tertiary/aromatic N) is 4. The first-order chi connectivity index (χ1) is 15.8. The standard InChI is InChI=1S/C23H19FN4O3S2/c1-15-7-9-18(10-8-15)33(29,30)31-23-25-22-13-20(17-11-12-32-14-17)26-28(22)16(2)27(23)21-6-4-3-5-19(21)24/h3-14,16H,1-2H3. The molecule has 0 spiro atoms. The van der Waals surface area contributed by atoms with Crippen LogP contribution in [0, 0.1) is 12.7 Å². The Balaban J connectivity index is 1.62. The van der Waals surface area contributed by atoms with Crippen LogP contribution in [0.3, 0.4) is 0 Å². The molecule has 0 radical (unpaired) electrons. The SMILES string of the molecule is Cc1ccc(S(=O)(=O)OC2=Nc3cc(-c4ccsc4)nn3C(C)N2c2ccccc2F)cc1. The molecule has 2 aromatic heterocycles. The van der Waals surface area contributed by atoms with Gasteiger partial charge >= 0.3 is 16.1 Å². The zero-order chi connectivity index (χ0) is 23.2. The number of aryl methyl sites for hydroxylation is 1. The van der Waals surface area contributed by atoms with E-state index in [1.54, 1.807) is 41.9 Å². The molecule has 0 saturated carbocycles. The van der Waals surface area contributed by atoms with Crippen molar-refractivity contribution in [1.29, 1.82) is 0 Å². The number of benzene rings is 2. The molecule has 0 aliphatic carbocycles. The van der Waals surface area contributed by atoms with Crippen molar-refractivity contribution in [2.45, 2.75) is 24.9 Å². The molecule has 7 nitrogen and oxygen atoms in total. The molecule has 0 saturated heterocycles. The van der Waals surface area contributed by atoms with Gasteiger partial charge < -0.3 is 4.18 Å². The van der Waals surface area contributed by atoms with Gasteiger partial charge in [-0.15, -0.1) is 0 Å². The van der Waals surface area contributed by atoms with E-state index in [1.165, 1.54) is 40.5 Å². The number of aliphatic imine (C=N–C) groups is 1. The topological polar surface area (TPSA) is 76.8 Å². The molecular weight excluding hydrogens is 463 g/mol. The number of rotatable bonds is 4. The second-order valence-corrected chi connectivity index (χ2v) is 9.87. The van der Waals surface area contributed by atoms with Crippen LogP contribution >= 0.6 is 11.3 Å². The molecule has 0 bridgehead atoms. The van der Waals surface area contributed by atoms with Crippen LogP contribution in [0.2, 0.25) is 0 Å². The number of amidine groups is 1. The summed E-state index contributed by atoms with van der Waals surface area (Å²) in [6.07, 6.45) is -0.606. The van der Waals surface area contributed by atoms with Gasteiger partial charge in [-0.3, -0.25) is 4.90 Å². The number of thiophene rings is 1. The smallest absolute Gasteiger partial charge is 0.341 e. The van der Waals surface area contributed by atoms with Crippen molar-refractivity contribution < 1.29 is 17.0 Å². The van der Waals surface area contributed by atoms with E-state index >= 15 is 0 Å². The summed E-state index contributed by atoms with van der Waals surface area (Å²) in [5.74, 6) is -0.132. The lowest BCUT2D eigenvalue weighted by atomic mass is 10.2. The summed E-state index contributed by atoms with van der Waals surface area (Å²) in [6.45, 7) is 3.63. The minimum atomic E-state index is -4.22. The van der Waals surface area contributed by atoms with E-state index in [0.29, 0.717) is 11.5 Å². The Hall–Kier alpha value is -3.50. The van der Waals surface area contributed by atoms with Crippen LogP contribution in [0.25, 0.3) is 11.3 Å². The normalized spacial score (nSPS) is 15.8. The monoisotopic (exact) mass is 482 g/mol. The minimum Gasteiger partial charge on any atom is -0.341 e. The molecular formula is C23H19FN4O3S2. The van der Waals surface area contributed by atoms with Crippen LogP contribution in [0.15, 0.2) is 81.3 Å². The fraction of sp³-hybridized carbons (Fsp3) is 0.130. The summed E-state index contributed by atoms with van der Waals surface area (Å²) >= 11 is 1.54. The minimum absolute atomic E-state index is 0.0185. The maximum absolute atomic E-state index is 14.8. The van der Waals surface area contributed by atoms with E-state index < -0.39 is 22.1 Å². The number of fused-ring (bicyclic) bond motifs is 1. The van der Waals surface area contributed by atoms with E-state index in [9.17, 15) is 12.8 Å². The molecule has 1 aliphatic rings. The van der Waals surface area contributed by atoms with Crippen LogP contribution in [0.5, 0.6) is 0 Å². The zero-order valence-electron chi connectivity index (χ0n) is 17.7. The molecule has 0 amide bonds. The summed E-state index contributed by atoms with van der Waals surface area (Å²) in [5.41, 5.74) is 2.63. The average Bonchev–Trinajstić information content (AvgIpc) is 3.45. The predicted molar refractivity (Wildman–Crippen MR) is 126 cm³/mol. The number of aromatic nitrogens is 2. The van der Waals surface area contributed by atoms with Gasteiger partial charge in [-0.1, -0.05) is 29.8 Å². The van der Waals surface area contributed by atoms with Gasteiger partial charge in [-0.2, -0.15) is 29.8 Å². The maximum Gasteiger partial charge on any atom is 0.341 e. The summed E-state index contributed by atoms with van der Waals surface area (Å²) in [4.78, 5) is 5.80. The highest BCUT2D eigenvalue weighted by Crippen LogP contribution is 2.36. The van der Waals surface area contributed by atoms with Gasteiger partial charge in [0.1, 0.15) is 16.9 Å². The first kappa shape index (κ1) is 21.4. The second kappa shape index (κ2) is 8.13. The third-order valence-corrected chi connectivity index (χ3v) is 7.18. The number of halogens is 1. The quantitative estimate of drug-likeness (QED) is 0.360. The van der Waals surface area contributed by atoms with Gasteiger partial charge in [0.25, 0.3) is 0 Å². The van der Waals surface area contributed by atoms with E-state index in [2.05, 4.69) is 10.1 Å². The lowest BCUT2D eigenvalue weighted by Crippen LogP contribution is -2.42. The fourth-order valence-electron chi connectivity index (χ4n) is 3.58. The van der Waals surface area contributed by atoms with Crippen LogP contribution in [-0.4, -0.2) is 24.2 Å². The summed E-state index contributed by atoms with van der Waals surface area (Å²) < 4.78 is 48.0. The van der Waals surface area contributed by atoms with Gasteiger partial charge in [-0.25, -0.2) is 9.07 Å². The zero-order valence-corrected chi connectivity index (χ0v) is 19.3. The second-order valence-electron chi connectivity index (χ2n) is 7.54. The van der Waals surface area contributed by atoms with Crippen LogP contribution in [0.4, 0.5) is 15.9 Å². The van der Waals surface area contributed by atoms with Crippen molar-refractivity contribution in [2.75, 3.05) is 4.90 Å². The molecule has 0 fully saturated rings. The average molecular weight is 483 g/mol. The van der Waals surface area contributed by atoms with Crippen LogP contribution in [-0.2, 0) is 14.3 Å². The first-order valence-electron chi connectivity index (χ1n) is 10.1. The third-order valence-electron chi connectivity index (χ3n) is 5.28. The largest absolute Gasteiger partial charge is 0.341 e. The Morgan fingerprint density at radius 1 is 1.09 bits per heavy atom. The molecule has 1 unspecified atom stereocenters. The highest BCUT2D eigenvalue weighted by molar-refractivity contribution is 7.87. The van der Waals surface area contributed by atoms with Gasteiger partial charge in [0.15, 0.2) is 5.82 Å². The van der Waals surface area contributed by atoms with E-state index in [1.807, 2.05) is 23.8 Å². The lowest BCUT2D eigenvalue weighted by molar-refractivity contribution is 0.428. The highest BCUT2D eigenvalue weighted by atomic mass is 32.2. The molecule has 4 aromatic rings. The molecule has 1 aliphatic heterocycles. The molecule has 0 N–H and O–H groups in total. The van der Waals surface area contributed by atoms with Gasteiger partial charge in [0, 0.05) is 17.0 Å². The molecule has 10 heteroatoms. The van der Waals surface area contributed by atoms with Gasteiger partial charge in [-0.05, 0) is 49.6 Å². The van der Waals surface area contributed by atoms with Crippen LogP contribution < -0.4 is 4.90 Å². The number of anilines is 1. The van der Waals surface area contributed by atoms with E-state index in [4.69, 9.17) is 4.18 Å². The van der Waals surface area contributed by atoms with E-state index in [0.717, 1.165) is 11.1 Å². The van der Waals surface area contributed by atoms with Gasteiger partial charge in [0.2, 0.25) is 0 Å². The van der Waals surface area contributed by atoms with Crippen molar-refractivity contribution >= 4 is 39.0 Å². The number of hydrogen-bond acceptors (Lipinski definition) is 7. The Labute approximate surface area is 194 Å². The van der Waals surface area contributed by atoms with Crippen molar-refractivity contribution in [3.05, 3.63) is 82.8 Å². The summed E-state index contributed by atoms with van der Waals surface area (Å²) in [6, 6.07) is 15.8. The van der Waals surface area contributed by atoms with Gasteiger partial charge in [0.05, 0.1) is 11.4 Å². The van der Waals surface area contributed by atoms with Crippen LogP contribution in [0.1, 0.15) is 18.7 Å². The number of hydrogen-bond donors (Lipinski definition) is 0. The third kappa shape index (κ3) is 3.91. The Morgan fingerprint density at radius 3 is 2.55 bits per heavy atom. The number of para-hydroxylation sites is 1. The van der Waals surface area contributed by atoms with Crippen molar-refractivity contribution in [2.24, 2.45) is 4.99 Å². The molecule has 3 heterocycles. The van der Waals surface area contributed by atoms with E-state index in [-0.39, 0.29) is 16.6 Å². The fourth-order valence-corrected chi connectivity index (χ4v) is 5.11. The first-order valence-corrected chi connectivity index (χ1v) is 12.4. The lowest BCUT2D eigenvalue weighted by Gasteiger charge is -2.34. The molecule has 1 atom stereocenters. The Kier molecular flexibility index (Phi) is 5.26. The summed E-state index contributed by atoms with van der Waals surface area (Å²) in [5, 5.41) is 8.52. The van der Waals surface area contributed by atoms with Crippen molar-refractivity contribution in [1.82, 2.24) is 9.78 Å². The Morgan fingerprint density at radius 2 is 1.85 bits per heavy atom. The van der Waals surface area contributed by atoms with Crippen molar-refractivity contribution in [3.8, 4) is 11.3 Å².